The number of rotatable bonds is 5. The van der Waals surface area contributed by atoms with Crippen LogP contribution in [0.25, 0.3) is 121 Å². The monoisotopic (exact) mass is 788 g/mol. The molecule has 0 atom stereocenters. The van der Waals surface area contributed by atoms with E-state index >= 15 is 0 Å². The highest BCUT2D eigenvalue weighted by Crippen LogP contribution is 2.42. The molecule has 3 aromatic heterocycles. The van der Waals surface area contributed by atoms with Crippen molar-refractivity contribution in [1.29, 1.82) is 0 Å². The van der Waals surface area contributed by atoms with E-state index in [2.05, 4.69) is 228 Å². The molecule has 4 heteroatoms. The van der Waals surface area contributed by atoms with Crippen LogP contribution in [0.4, 0.5) is 0 Å². The Labute approximate surface area is 357 Å². The van der Waals surface area contributed by atoms with E-state index in [1.807, 2.05) is 0 Å². The number of benzene rings is 10. The first-order valence-corrected chi connectivity index (χ1v) is 21.2. The van der Waals surface area contributed by atoms with E-state index in [-0.39, 0.29) is 0 Å². The molecule has 10 aromatic carbocycles. The topological polar surface area (TPSA) is 35.6 Å². The van der Waals surface area contributed by atoms with Crippen molar-refractivity contribution in [2.75, 3.05) is 0 Å². The molecule has 0 aliphatic heterocycles. The minimum atomic E-state index is 0.643. The van der Waals surface area contributed by atoms with Crippen LogP contribution in [-0.2, 0) is 0 Å². The van der Waals surface area contributed by atoms with Crippen molar-refractivity contribution >= 4 is 76.1 Å². The van der Waals surface area contributed by atoms with Crippen molar-refractivity contribution in [2.45, 2.75) is 0 Å². The first-order valence-electron chi connectivity index (χ1n) is 21.2. The number of nitrogens with zero attached hydrogens (tertiary/aromatic N) is 4. The molecular weight excluding hydrogens is 753 g/mol. The summed E-state index contributed by atoms with van der Waals surface area (Å²) in [6, 6.07) is 78.6. The van der Waals surface area contributed by atoms with Gasteiger partial charge in [-0.25, -0.2) is 9.97 Å². The summed E-state index contributed by atoms with van der Waals surface area (Å²) in [6.45, 7) is 0. The van der Waals surface area contributed by atoms with Gasteiger partial charge in [0.25, 0.3) is 0 Å². The lowest BCUT2D eigenvalue weighted by Crippen LogP contribution is -2.04. The summed E-state index contributed by atoms with van der Waals surface area (Å²) in [7, 11) is 0. The summed E-state index contributed by atoms with van der Waals surface area (Å²) in [5, 5.41) is 10.6. The molecule has 3 heterocycles. The van der Waals surface area contributed by atoms with Gasteiger partial charge in [-0.15, -0.1) is 0 Å². The Bertz CT molecular complexity index is 3910. The van der Waals surface area contributed by atoms with E-state index in [1.165, 1.54) is 60.0 Å². The minimum absolute atomic E-state index is 0.643. The highest BCUT2D eigenvalue weighted by molar-refractivity contribution is 6.20. The lowest BCUT2D eigenvalue weighted by atomic mass is 9.98. The molecule has 0 radical (unpaired) electrons. The van der Waals surface area contributed by atoms with E-state index in [9.17, 15) is 0 Å². The molecule has 0 N–H and O–H groups in total. The lowest BCUT2D eigenvalue weighted by Gasteiger charge is -2.13. The zero-order valence-electron chi connectivity index (χ0n) is 33.6. The summed E-state index contributed by atoms with van der Waals surface area (Å²) in [5.41, 5.74) is 13.2. The van der Waals surface area contributed by atoms with Gasteiger partial charge in [0.05, 0.1) is 33.3 Å². The first-order chi connectivity index (χ1) is 30.7. The van der Waals surface area contributed by atoms with Crippen molar-refractivity contribution in [1.82, 2.24) is 19.1 Å². The Morgan fingerprint density at radius 2 is 0.968 bits per heavy atom. The summed E-state index contributed by atoms with van der Waals surface area (Å²) in [4.78, 5) is 10.9. The van der Waals surface area contributed by atoms with Gasteiger partial charge in [0.1, 0.15) is 0 Å². The Balaban J connectivity index is 1.05. The minimum Gasteiger partial charge on any atom is -0.309 e. The molecule has 0 aliphatic rings. The molecule has 0 fully saturated rings. The molecule has 0 unspecified atom stereocenters. The molecule has 0 amide bonds. The van der Waals surface area contributed by atoms with Crippen molar-refractivity contribution in [3.8, 4) is 45.1 Å². The van der Waals surface area contributed by atoms with Crippen molar-refractivity contribution in [3.05, 3.63) is 218 Å². The molecule has 4 nitrogen and oxygen atoms in total. The maximum absolute atomic E-state index is 5.54. The van der Waals surface area contributed by atoms with Gasteiger partial charge in [0, 0.05) is 43.6 Å². The highest BCUT2D eigenvalue weighted by Gasteiger charge is 2.22. The number of para-hydroxylation sites is 3. The van der Waals surface area contributed by atoms with Gasteiger partial charge in [-0.3, -0.25) is 4.57 Å². The fourth-order valence-electron chi connectivity index (χ4n) is 9.84. The van der Waals surface area contributed by atoms with Crippen LogP contribution in [0.15, 0.2) is 218 Å². The third-order valence-electron chi connectivity index (χ3n) is 12.7. The highest BCUT2D eigenvalue weighted by atomic mass is 15.2. The summed E-state index contributed by atoms with van der Waals surface area (Å²) >= 11 is 0. The summed E-state index contributed by atoms with van der Waals surface area (Å²) < 4.78 is 4.69. The number of hydrogen-bond acceptors (Lipinski definition) is 2. The average Bonchev–Trinajstić information content (AvgIpc) is 3.87. The molecule has 0 saturated heterocycles. The van der Waals surface area contributed by atoms with Gasteiger partial charge in [-0.2, -0.15) is 0 Å². The number of hydrogen-bond donors (Lipinski definition) is 0. The molecule has 0 saturated carbocycles. The lowest BCUT2D eigenvalue weighted by molar-refractivity contribution is 1.02. The van der Waals surface area contributed by atoms with Crippen LogP contribution in [-0.4, -0.2) is 19.1 Å². The van der Waals surface area contributed by atoms with Crippen LogP contribution in [0.2, 0.25) is 0 Å². The normalized spacial score (nSPS) is 11.9. The van der Waals surface area contributed by atoms with Crippen LogP contribution >= 0.6 is 0 Å². The first kappa shape index (κ1) is 34.5. The van der Waals surface area contributed by atoms with Crippen LogP contribution in [0.5, 0.6) is 0 Å². The molecule has 13 aromatic rings. The summed E-state index contributed by atoms with van der Waals surface area (Å²) in [6.07, 6.45) is 0. The third kappa shape index (κ3) is 5.27. The average molecular weight is 789 g/mol. The van der Waals surface area contributed by atoms with Gasteiger partial charge in [0.2, 0.25) is 5.95 Å². The second-order valence-corrected chi connectivity index (χ2v) is 16.2. The van der Waals surface area contributed by atoms with Crippen molar-refractivity contribution in [3.63, 3.8) is 0 Å². The predicted octanol–water partition coefficient (Wildman–Crippen LogP) is 15.1. The molecule has 62 heavy (non-hydrogen) atoms. The van der Waals surface area contributed by atoms with Crippen molar-refractivity contribution < 1.29 is 0 Å². The third-order valence-corrected chi connectivity index (χ3v) is 12.7. The largest absolute Gasteiger partial charge is 0.309 e. The molecule has 0 aliphatic carbocycles. The second-order valence-electron chi connectivity index (χ2n) is 16.2. The standard InChI is InChI=1S/C58H36N4/c1-2-16-44(17-3-1)61-52-23-11-9-20-50(52)55-45(21-12-24-53(55)61)43-32-33-47-48-34-31-39-14-6-7-18-46(39)57(48)62(54(47)36-43)58-59-51-22-10-8-19-49(51)56(60-58)40-28-25-38(26-29-40)42-30-27-37-13-4-5-15-41(37)35-42/h1-36H. The van der Waals surface area contributed by atoms with Gasteiger partial charge in [-0.05, 0) is 80.9 Å². The SMILES string of the molecule is c1ccc(-n2c3ccccc3c3c(-c4ccc5c6ccc7ccccc7c6n(-c6nc(-c7ccc(-c8ccc9ccccc9c8)cc7)c7ccccc7n6)c5c4)cccc32)cc1. The molecular formula is C58H36N4. The van der Waals surface area contributed by atoms with E-state index in [0.29, 0.717) is 5.95 Å². The van der Waals surface area contributed by atoms with E-state index in [4.69, 9.17) is 9.97 Å². The fourth-order valence-corrected chi connectivity index (χ4v) is 9.84. The molecule has 0 spiro atoms. The van der Waals surface area contributed by atoms with E-state index in [0.717, 1.165) is 55.2 Å². The van der Waals surface area contributed by atoms with Gasteiger partial charge in [-0.1, -0.05) is 176 Å². The molecule has 288 valence electrons. The van der Waals surface area contributed by atoms with Crippen LogP contribution in [0.3, 0.4) is 0 Å². The fraction of sp³-hybridized carbons (Fsp3) is 0. The zero-order valence-corrected chi connectivity index (χ0v) is 33.6. The van der Waals surface area contributed by atoms with Gasteiger partial charge < -0.3 is 4.57 Å². The smallest absolute Gasteiger partial charge is 0.235 e. The van der Waals surface area contributed by atoms with Gasteiger partial charge in [0.15, 0.2) is 0 Å². The maximum Gasteiger partial charge on any atom is 0.235 e. The van der Waals surface area contributed by atoms with Gasteiger partial charge >= 0.3 is 0 Å². The van der Waals surface area contributed by atoms with Crippen molar-refractivity contribution in [2.24, 2.45) is 0 Å². The Morgan fingerprint density at radius 3 is 1.84 bits per heavy atom. The van der Waals surface area contributed by atoms with Crippen LogP contribution in [0.1, 0.15) is 0 Å². The molecule has 0 bridgehead atoms. The Hall–Kier alpha value is -8.34. The predicted molar refractivity (Wildman–Crippen MR) is 260 cm³/mol. The Morgan fingerprint density at radius 1 is 0.323 bits per heavy atom. The second kappa shape index (κ2) is 13.6. The Kier molecular flexibility index (Phi) is 7.57. The molecule has 13 rings (SSSR count). The van der Waals surface area contributed by atoms with E-state index in [1.54, 1.807) is 0 Å². The van der Waals surface area contributed by atoms with Crippen LogP contribution in [0, 0.1) is 0 Å². The van der Waals surface area contributed by atoms with E-state index < -0.39 is 0 Å². The zero-order chi connectivity index (χ0) is 40.7. The number of fused-ring (bicyclic) bond motifs is 10. The maximum atomic E-state index is 5.54. The van der Waals surface area contributed by atoms with Crippen LogP contribution < -0.4 is 0 Å². The quantitative estimate of drug-likeness (QED) is 0.174. The number of aromatic nitrogens is 4. The summed E-state index contributed by atoms with van der Waals surface area (Å²) in [5.74, 6) is 0.643.